The van der Waals surface area contributed by atoms with Gasteiger partial charge in [0.15, 0.2) is 11.6 Å². The highest BCUT2D eigenvalue weighted by Crippen LogP contribution is 2.39. The van der Waals surface area contributed by atoms with Crippen molar-refractivity contribution in [2.24, 2.45) is 0 Å². The van der Waals surface area contributed by atoms with Crippen LogP contribution >= 0.6 is 0 Å². The van der Waals surface area contributed by atoms with Crippen molar-refractivity contribution in [3.63, 3.8) is 0 Å². The van der Waals surface area contributed by atoms with Crippen LogP contribution in [0.5, 0.6) is 5.75 Å². The summed E-state index contributed by atoms with van der Waals surface area (Å²) in [6, 6.07) is 6.95. The molecule has 2 aliphatic rings. The predicted octanol–water partition coefficient (Wildman–Crippen LogP) is 5.64. The number of aliphatic carboxylic acids is 1. The average molecular weight is 541 g/mol. The van der Waals surface area contributed by atoms with Crippen LogP contribution in [-0.2, 0) is 17.6 Å². The second kappa shape index (κ2) is 13.1. The van der Waals surface area contributed by atoms with E-state index < -0.39 is 17.8 Å². The molecule has 0 radical (unpaired) electrons. The van der Waals surface area contributed by atoms with Gasteiger partial charge in [0, 0.05) is 36.4 Å². The largest absolute Gasteiger partial charge is 0.493 e. The molecule has 1 aromatic heterocycles. The molecule has 1 fully saturated rings. The van der Waals surface area contributed by atoms with Gasteiger partial charge < -0.3 is 20.1 Å². The highest BCUT2D eigenvalue weighted by atomic mass is 19.1. The molecule has 39 heavy (non-hydrogen) atoms. The van der Waals surface area contributed by atoms with Gasteiger partial charge in [-0.05, 0) is 94.3 Å². The van der Waals surface area contributed by atoms with Crippen LogP contribution in [0.15, 0.2) is 24.3 Å². The molecule has 0 amide bonds. The number of carbonyl (C=O) groups is 1. The van der Waals surface area contributed by atoms with Crippen LogP contribution < -0.4 is 10.1 Å². The number of methoxy groups -OCH3 is 1. The van der Waals surface area contributed by atoms with Gasteiger partial charge in [0.2, 0.25) is 0 Å². The van der Waals surface area contributed by atoms with Crippen molar-refractivity contribution in [3.8, 4) is 5.75 Å². The third-order valence-corrected chi connectivity index (χ3v) is 8.55. The average Bonchev–Trinajstić information content (AvgIpc) is 3.28. The minimum Gasteiger partial charge on any atom is -0.493 e. The standard InChI is InChI=1S/C31H45FN4O3/c1-20(2)23-18-25(29(39-5)26(32)19-23)28(31(37)38)36-17-14-27(21(36)3)35(4)16-8-6-7-11-24-13-12-22-10-9-15-33-30(22)34-24/h12-13,18-21,27-28H,6-11,14-17H2,1-5H3,(H,33,34)(H,37,38)/t21-,27-,28?/m0/s1. The summed E-state index contributed by atoms with van der Waals surface area (Å²) in [5, 5.41) is 13.7. The number of aryl methyl sites for hydroxylation is 2. The van der Waals surface area contributed by atoms with E-state index in [4.69, 9.17) is 9.72 Å². The zero-order valence-electron chi connectivity index (χ0n) is 24.2. The van der Waals surface area contributed by atoms with Crippen LogP contribution in [0.25, 0.3) is 0 Å². The molecule has 0 bridgehead atoms. The van der Waals surface area contributed by atoms with E-state index in [1.165, 1.54) is 25.2 Å². The second-order valence-electron chi connectivity index (χ2n) is 11.5. The summed E-state index contributed by atoms with van der Waals surface area (Å²) in [5.41, 5.74) is 3.66. The molecule has 1 aromatic carbocycles. The van der Waals surface area contributed by atoms with E-state index in [0.717, 1.165) is 68.7 Å². The Bertz CT molecular complexity index is 1140. The summed E-state index contributed by atoms with van der Waals surface area (Å²) in [6.45, 7) is 8.65. The van der Waals surface area contributed by atoms with Crippen molar-refractivity contribution >= 4 is 11.8 Å². The van der Waals surface area contributed by atoms with Gasteiger partial charge in [-0.15, -0.1) is 0 Å². The van der Waals surface area contributed by atoms with Gasteiger partial charge in [-0.1, -0.05) is 26.3 Å². The van der Waals surface area contributed by atoms with Crippen molar-refractivity contribution in [3.05, 3.63) is 52.5 Å². The molecular formula is C31H45FN4O3. The lowest BCUT2D eigenvalue weighted by atomic mass is 9.95. The number of carboxylic acid groups (broad SMARTS) is 1. The van der Waals surface area contributed by atoms with Gasteiger partial charge >= 0.3 is 5.97 Å². The van der Waals surface area contributed by atoms with Crippen LogP contribution in [0.2, 0.25) is 0 Å². The molecule has 214 valence electrons. The number of hydrogen-bond donors (Lipinski definition) is 2. The smallest absolute Gasteiger partial charge is 0.325 e. The first-order chi connectivity index (χ1) is 18.7. The van der Waals surface area contributed by atoms with Crippen molar-refractivity contribution in [2.45, 2.75) is 89.8 Å². The van der Waals surface area contributed by atoms with E-state index >= 15 is 0 Å². The van der Waals surface area contributed by atoms with Crippen LogP contribution in [0.1, 0.15) is 87.2 Å². The van der Waals surface area contributed by atoms with E-state index in [1.54, 1.807) is 0 Å². The Morgan fingerprint density at radius 3 is 2.79 bits per heavy atom. The summed E-state index contributed by atoms with van der Waals surface area (Å²) >= 11 is 0. The number of hydrogen-bond acceptors (Lipinski definition) is 6. The molecule has 2 aromatic rings. The molecule has 7 nitrogen and oxygen atoms in total. The van der Waals surface area contributed by atoms with E-state index in [2.05, 4.69) is 36.3 Å². The number of nitrogens with one attached hydrogen (secondary N) is 1. The summed E-state index contributed by atoms with van der Waals surface area (Å²) in [7, 11) is 3.54. The fourth-order valence-corrected chi connectivity index (χ4v) is 6.26. The molecule has 3 atom stereocenters. The monoisotopic (exact) mass is 540 g/mol. The fourth-order valence-electron chi connectivity index (χ4n) is 6.26. The van der Waals surface area contributed by atoms with Crippen molar-refractivity contribution in [1.29, 1.82) is 0 Å². The molecule has 2 N–H and O–H groups in total. The van der Waals surface area contributed by atoms with Crippen LogP contribution in [0.4, 0.5) is 10.2 Å². The van der Waals surface area contributed by atoms with Gasteiger partial charge in [-0.3, -0.25) is 9.69 Å². The first-order valence-electron chi connectivity index (χ1n) is 14.5. The molecule has 1 unspecified atom stereocenters. The molecule has 1 saturated heterocycles. The SMILES string of the molecule is COc1c(F)cc(C(C)C)cc1C(C(=O)O)N1CC[C@H](N(C)CCCCCc2ccc3c(n2)NCCC3)[C@@H]1C. The molecule has 0 saturated carbocycles. The number of aromatic nitrogens is 1. The number of halogens is 1. The predicted molar refractivity (Wildman–Crippen MR) is 153 cm³/mol. The Labute approximate surface area is 232 Å². The Balaban J connectivity index is 1.33. The molecule has 0 spiro atoms. The first kappa shape index (κ1) is 29.3. The number of unbranched alkanes of at least 4 members (excludes halogenated alkanes) is 2. The van der Waals surface area contributed by atoms with Gasteiger partial charge in [0.05, 0.1) is 7.11 Å². The van der Waals surface area contributed by atoms with E-state index in [1.807, 2.05) is 24.8 Å². The zero-order chi connectivity index (χ0) is 28.1. The minimum absolute atomic E-state index is 0.0127. The number of anilines is 1. The van der Waals surface area contributed by atoms with Gasteiger partial charge in [0.1, 0.15) is 11.9 Å². The zero-order valence-corrected chi connectivity index (χ0v) is 24.2. The van der Waals surface area contributed by atoms with Crippen LogP contribution in [0, 0.1) is 5.82 Å². The maximum atomic E-state index is 14.9. The summed E-state index contributed by atoms with van der Waals surface area (Å²) in [4.78, 5) is 21.7. The quantitative estimate of drug-likeness (QED) is 0.337. The molecular weight excluding hydrogens is 495 g/mol. The third kappa shape index (κ3) is 6.72. The number of benzene rings is 1. The van der Waals surface area contributed by atoms with Gasteiger partial charge in [-0.25, -0.2) is 9.37 Å². The van der Waals surface area contributed by atoms with Crippen LogP contribution in [0.3, 0.4) is 0 Å². The van der Waals surface area contributed by atoms with Crippen molar-refractivity contribution in [2.75, 3.05) is 39.1 Å². The highest BCUT2D eigenvalue weighted by Gasteiger charge is 2.42. The summed E-state index contributed by atoms with van der Waals surface area (Å²) in [6.07, 6.45) is 7.46. The summed E-state index contributed by atoms with van der Waals surface area (Å²) in [5.74, 6) is -0.315. The first-order valence-corrected chi connectivity index (χ1v) is 14.5. The molecule has 3 heterocycles. The molecule has 8 heteroatoms. The Hall–Kier alpha value is -2.71. The van der Waals surface area contributed by atoms with E-state index in [-0.39, 0.29) is 23.8 Å². The van der Waals surface area contributed by atoms with E-state index in [0.29, 0.717) is 12.1 Å². The van der Waals surface area contributed by atoms with Gasteiger partial charge in [-0.2, -0.15) is 0 Å². The Kier molecular flexibility index (Phi) is 9.83. The number of likely N-dealkylation sites (tertiary alicyclic amines) is 1. The van der Waals surface area contributed by atoms with E-state index in [9.17, 15) is 14.3 Å². The lowest BCUT2D eigenvalue weighted by Gasteiger charge is -2.34. The summed E-state index contributed by atoms with van der Waals surface area (Å²) < 4.78 is 20.3. The Morgan fingerprint density at radius 1 is 1.28 bits per heavy atom. The molecule has 2 aliphatic heterocycles. The number of fused-ring (bicyclic) bond motifs is 1. The molecule has 0 aliphatic carbocycles. The maximum Gasteiger partial charge on any atom is 0.325 e. The van der Waals surface area contributed by atoms with Crippen molar-refractivity contribution in [1.82, 2.24) is 14.8 Å². The lowest BCUT2D eigenvalue weighted by Crippen LogP contribution is -2.44. The van der Waals surface area contributed by atoms with Crippen LogP contribution in [-0.4, -0.2) is 71.7 Å². The number of ether oxygens (including phenoxy) is 1. The lowest BCUT2D eigenvalue weighted by molar-refractivity contribution is -0.144. The number of pyridine rings is 1. The number of likely N-dealkylation sites (N-methyl/N-ethyl adjacent to an activating group) is 1. The molecule has 4 rings (SSSR count). The highest BCUT2D eigenvalue weighted by molar-refractivity contribution is 5.77. The number of carboxylic acids is 1. The second-order valence-corrected chi connectivity index (χ2v) is 11.5. The number of nitrogens with zero attached hydrogens (tertiary/aromatic N) is 3. The Morgan fingerprint density at radius 2 is 2.08 bits per heavy atom. The normalized spacial score (nSPS) is 20.2. The van der Waals surface area contributed by atoms with Crippen molar-refractivity contribution < 1.29 is 19.0 Å². The third-order valence-electron chi connectivity index (χ3n) is 8.55. The number of rotatable bonds is 12. The fraction of sp³-hybridized carbons (Fsp3) is 0.613. The maximum absolute atomic E-state index is 14.9. The van der Waals surface area contributed by atoms with Gasteiger partial charge in [0.25, 0.3) is 0 Å². The minimum atomic E-state index is -0.977. The topological polar surface area (TPSA) is 77.9 Å².